The topological polar surface area (TPSA) is 67.8 Å². The fraction of sp³-hybridized carbons (Fsp3) is 0. The Morgan fingerprint density at radius 1 is 1.31 bits per heavy atom. The third kappa shape index (κ3) is 1.44. The van der Waals surface area contributed by atoms with Crippen LogP contribution in [0.25, 0.3) is 22.4 Å². The van der Waals surface area contributed by atoms with E-state index in [1.807, 2.05) is 24.3 Å². The van der Waals surface area contributed by atoms with Crippen LogP contribution in [-0.4, -0.2) is 9.97 Å². The number of nitrogen functional groups attached to an aromatic ring is 1. The van der Waals surface area contributed by atoms with E-state index in [-0.39, 0.29) is 6.01 Å². The minimum Gasteiger partial charge on any atom is -0.422 e. The predicted molar refractivity (Wildman–Crippen MR) is 63.2 cm³/mol. The SMILES string of the molecule is Nc1ncc(-c2cc3cc(Cl)ccc3[nH]2)o1. The molecule has 5 heteroatoms. The lowest BCUT2D eigenvalue weighted by molar-refractivity contribution is 0.593. The van der Waals surface area contributed by atoms with Crippen molar-refractivity contribution in [2.45, 2.75) is 0 Å². The molecule has 3 N–H and O–H groups in total. The van der Waals surface area contributed by atoms with E-state index in [1.54, 1.807) is 6.20 Å². The maximum Gasteiger partial charge on any atom is 0.292 e. The van der Waals surface area contributed by atoms with Crippen molar-refractivity contribution in [1.29, 1.82) is 0 Å². The summed E-state index contributed by atoms with van der Waals surface area (Å²) < 4.78 is 5.23. The van der Waals surface area contributed by atoms with Crippen molar-refractivity contribution in [1.82, 2.24) is 9.97 Å². The fourth-order valence-electron chi connectivity index (χ4n) is 1.65. The average molecular weight is 234 g/mol. The molecule has 0 aliphatic rings. The van der Waals surface area contributed by atoms with Crippen LogP contribution in [0.4, 0.5) is 6.01 Å². The molecule has 1 aromatic carbocycles. The van der Waals surface area contributed by atoms with Crippen LogP contribution < -0.4 is 5.73 Å². The standard InChI is InChI=1S/C11H8ClN3O/c12-7-1-2-8-6(3-7)4-9(15-8)10-5-14-11(13)16-10/h1-5,15H,(H2,13,14). The van der Waals surface area contributed by atoms with Gasteiger partial charge >= 0.3 is 0 Å². The Hall–Kier alpha value is -1.94. The lowest BCUT2D eigenvalue weighted by Gasteiger charge is -1.89. The molecule has 0 spiro atoms. The summed E-state index contributed by atoms with van der Waals surface area (Å²) >= 11 is 5.91. The zero-order valence-corrected chi connectivity index (χ0v) is 8.95. The van der Waals surface area contributed by atoms with E-state index in [1.165, 1.54) is 0 Å². The van der Waals surface area contributed by atoms with Gasteiger partial charge < -0.3 is 15.1 Å². The number of H-pyrrole nitrogens is 1. The van der Waals surface area contributed by atoms with Crippen molar-refractivity contribution in [2.24, 2.45) is 0 Å². The molecule has 0 aliphatic carbocycles. The van der Waals surface area contributed by atoms with Crippen LogP contribution in [0.2, 0.25) is 5.02 Å². The number of benzene rings is 1. The molecule has 0 atom stereocenters. The molecule has 0 bridgehead atoms. The Bertz CT molecular complexity index is 656. The Morgan fingerprint density at radius 2 is 2.19 bits per heavy atom. The molecule has 0 saturated carbocycles. The molecule has 2 heterocycles. The van der Waals surface area contributed by atoms with Gasteiger partial charge in [-0.3, -0.25) is 0 Å². The monoisotopic (exact) mass is 233 g/mol. The highest BCUT2D eigenvalue weighted by Crippen LogP contribution is 2.26. The number of oxazole rings is 1. The van der Waals surface area contributed by atoms with Gasteiger partial charge in [-0.1, -0.05) is 11.6 Å². The molecule has 0 saturated heterocycles. The molecule has 0 aliphatic heterocycles. The molecule has 3 rings (SSSR count). The number of nitrogens with one attached hydrogen (secondary N) is 1. The molecule has 0 amide bonds. The van der Waals surface area contributed by atoms with Gasteiger partial charge in [-0.25, -0.2) is 4.98 Å². The lowest BCUT2D eigenvalue weighted by atomic mass is 10.2. The van der Waals surface area contributed by atoms with Gasteiger partial charge in [0.25, 0.3) is 6.01 Å². The summed E-state index contributed by atoms with van der Waals surface area (Å²) in [5.41, 5.74) is 7.25. The Labute approximate surface area is 96.0 Å². The van der Waals surface area contributed by atoms with Crippen molar-refractivity contribution >= 4 is 28.5 Å². The quantitative estimate of drug-likeness (QED) is 0.679. The van der Waals surface area contributed by atoms with E-state index in [0.29, 0.717) is 10.8 Å². The van der Waals surface area contributed by atoms with Gasteiger partial charge in [0.1, 0.15) is 0 Å². The number of hydrogen-bond donors (Lipinski definition) is 2. The molecule has 16 heavy (non-hydrogen) atoms. The van der Waals surface area contributed by atoms with E-state index >= 15 is 0 Å². The van der Waals surface area contributed by atoms with E-state index in [9.17, 15) is 0 Å². The van der Waals surface area contributed by atoms with Crippen molar-refractivity contribution in [3.63, 3.8) is 0 Å². The number of nitrogens with zero attached hydrogens (tertiary/aromatic N) is 1. The number of anilines is 1. The van der Waals surface area contributed by atoms with Gasteiger partial charge in [-0.15, -0.1) is 0 Å². The highest BCUT2D eigenvalue weighted by Gasteiger charge is 2.07. The average Bonchev–Trinajstić information content (AvgIpc) is 2.83. The normalized spacial score (nSPS) is 11.1. The lowest BCUT2D eigenvalue weighted by Crippen LogP contribution is -1.79. The van der Waals surface area contributed by atoms with Crippen LogP contribution in [0.15, 0.2) is 34.9 Å². The Morgan fingerprint density at radius 3 is 2.94 bits per heavy atom. The summed E-state index contributed by atoms with van der Waals surface area (Å²) in [6.07, 6.45) is 1.58. The van der Waals surface area contributed by atoms with Crippen LogP contribution in [0.5, 0.6) is 0 Å². The van der Waals surface area contributed by atoms with Crippen molar-refractivity contribution < 1.29 is 4.42 Å². The summed E-state index contributed by atoms with van der Waals surface area (Å²) in [6, 6.07) is 7.74. The maximum atomic E-state index is 5.91. The Balaban J connectivity index is 2.18. The number of halogens is 1. The summed E-state index contributed by atoms with van der Waals surface area (Å²) in [5, 5.41) is 1.73. The molecular weight excluding hydrogens is 226 g/mol. The van der Waals surface area contributed by atoms with E-state index < -0.39 is 0 Å². The summed E-state index contributed by atoms with van der Waals surface area (Å²) in [5.74, 6) is 0.616. The van der Waals surface area contributed by atoms with Gasteiger partial charge in [0, 0.05) is 15.9 Å². The van der Waals surface area contributed by atoms with Gasteiger partial charge in [-0.2, -0.15) is 0 Å². The highest BCUT2D eigenvalue weighted by atomic mass is 35.5. The first-order valence-corrected chi connectivity index (χ1v) is 5.10. The first-order chi connectivity index (χ1) is 7.72. The minimum absolute atomic E-state index is 0.159. The molecule has 2 aromatic heterocycles. The van der Waals surface area contributed by atoms with Crippen LogP contribution in [-0.2, 0) is 0 Å². The third-order valence-electron chi connectivity index (χ3n) is 2.37. The fourth-order valence-corrected chi connectivity index (χ4v) is 1.83. The molecule has 3 aromatic rings. The summed E-state index contributed by atoms with van der Waals surface area (Å²) in [4.78, 5) is 7.05. The first-order valence-electron chi connectivity index (χ1n) is 4.72. The zero-order valence-electron chi connectivity index (χ0n) is 8.20. The summed E-state index contributed by atoms with van der Waals surface area (Å²) in [7, 11) is 0. The second-order valence-corrected chi connectivity index (χ2v) is 3.91. The number of aromatic nitrogens is 2. The highest BCUT2D eigenvalue weighted by molar-refractivity contribution is 6.31. The van der Waals surface area contributed by atoms with Crippen molar-refractivity contribution in [3.8, 4) is 11.5 Å². The number of hydrogen-bond acceptors (Lipinski definition) is 3. The number of fused-ring (bicyclic) bond motifs is 1. The van der Waals surface area contributed by atoms with Crippen molar-refractivity contribution in [3.05, 3.63) is 35.5 Å². The van der Waals surface area contributed by atoms with Gasteiger partial charge in [0.15, 0.2) is 5.76 Å². The van der Waals surface area contributed by atoms with Crippen LogP contribution in [0, 0.1) is 0 Å². The van der Waals surface area contributed by atoms with Gasteiger partial charge in [0.2, 0.25) is 0 Å². The molecule has 0 radical (unpaired) electrons. The zero-order chi connectivity index (χ0) is 11.1. The van der Waals surface area contributed by atoms with E-state index in [0.717, 1.165) is 16.6 Å². The van der Waals surface area contributed by atoms with Gasteiger partial charge in [-0.05, 0) is 24.3 Å². The first kappa shape index (κ1) is 9.30. The maximum absolute atomic E-state index is 5.91. The van der Waals surface area contributed by atoms with E-state index in [4.69, 9.17) is 21.8 Å². The summed E-state index contributed by atoms with van der Waals surface area (Å²) in [6.45, 7) is 0. The number of rotatable bonds is 1. The van der Waals surface area contributed by atoms with Crippen LogP contribution >= 0.6 is 11.6 Å². The molecule has 80 valence electrons. The second kappa shape index (κ2) is 3.28. The predicted octanol–water partition coefficient (Wildman–Crippen LogP) is 3.06. The number of nitrogens with two attached hydrogens (primary N) is 1. The molecule has 0 fully saturated rings. The largest absolute Gasteiger partial charge is 0.422 e. The van der Waals surface area contributed by atoms with Crippen molar-refractivity contribution in [2.75, 3.05) is 5.73 Å². The van der Waals surface area contributed by atoms with Gasteiger partial charge in [0.05, 0.1) is 11.9 Å². The third-order valence-corrected chi connectivity index (χ3v) is 2.61. The second-order valence-electron chi connectivity index (χ2n) is 3.48. The van der Waals surface area contributed by atoms with Crippen LogP contribution in [0.1, 0.15) is 0 Å². The van der Waals surface area contributed by atoms with Crippen LogP contribution in [0.3, 0.4) is 0 Å². The number of aromatic amines is 1. The molecule has 4 nitrogen and oxygen atoms in total. The van der Waals surface area contributed by atoms with E-state index in [2.05, 4.69) is 9.97 Å². The minimum atomic E-state index is 0.159. The molecular formula is C11H8ClN3O. The Kier molecular flexibility index (Phi) is 1.91. The smallest absolute Gasteiger partial charge is 0.292 e. The molecule has 0 unspecified atom stereocenters.